The number of ether oxygens (including phenoxy) is 5. The van der Waals surface area contributed by atoms with Crippen LogP contribution in [0.3, 0.4) is 0 Å². The van der Waals surface area contributed by atoms with Crippen molar-refractivity contribution in [3.63, 3.8) is 0 Å². The summed E-state index contributed by atoms with van der Waals surface area (Å²) in [4.78, 5) is 61.7. The van der Waals surface area contributed by atoms with Gasteiger partial charge in [0, 0.05) is 41.8 Å². The molecule has 56 heavy (non-hydrogen) atoms. The molecule has 4 unspecified atom stereocenters. The third kappa shape index (κ3) is 9.15. The highest BCUT2D eigenvalue weighted by Crippen LogP contribution is 2.40. The summed E-state index contributed by atoms with van der Waals surface area (Å²) in [6.45, 7) is 10.6. The number of likely N-dealkylation sites (N-methyl/N-ethyl adjacent to an activating group) is 1. The molecule has 14 heteroatoms. The molecule has 3 aliphatic heterocycles. The highest BCUT2D eigenvalue weighted by Gasteiger charge is 2.57. The summed E-state index contributed by atoms with van der Waals surface area (Å²) in [5.74, 6) is -5.84. The summed E-state index contributed by atoms with van der Waals surface area (Å²) in [6.07, 6.45) is -0.257. The lowest BCUT2D eigenvalue weighted by molar-refractivity contribution is -0.296. The maximum atomic E-state index is 14.4. The second kappa shape index (κ2) is 17.8. The molecule has 2 aromatic rings. The Morgan fingerprint density at radius 3 is 2.48 bits per heavy atom. The van der Waals surface area contributed by atoms with Gasteiger partial charge >= 0.3 is 12.1 Å². The summed E-state index contributed by atoms with van der Waals surface area (Å²) in [5.41, 5.74) is -1.31. The average Bonchev–Trinajstić information content (AvgIpc) is 3.48. The lowest BCUT2D eigenvalue weighted by Crippen LogP contribution is -2.60. The van der Waals surface area contributed by atoms with Crippen LogP contribution in [0.1, 0.15) is 73.3 Å². The largest absolute Gasteiger partial charge is 0.457 e. The second-order valence-corrected chi connectivity index (χ2v) is 16.4. The number of carbonyl (C=O) groups excluding carboxylic acids is 4. The Morgan fingerprint density at radius 1 is 1.05 bits per heavy atom. The fourth-order valence-corrected chi connectivity index (χ4v) is 8.69. The van der Waals surface area contributed by atoms with Crippen molar-refractivity contribution in [2.24, 2.45) is 23.7 Å². The van der Waals surface area contributed by atoms with E-state index in [-0.39, 0.29) is 37.4 Å². The van der Waals surface area contributed by atoms with Gasteiger partial charge in [0.2, 0.25) is 0 Å². The molecule has 0 aliphatic carbocycles. The standard InChI is InChI=1S/C42H58FN3O10/c1-23-22-41(6,52-19-11-12-28-14-15-29-13-10-18-44-30(29)21-28)37(55-39-35(49)31(46(8)9)20-24(2)53-39)26(4)34(48)27(5)38(50)54-32(16-17-43)42(7)36(25(3)33(23)47)45-40(51)56-42/h10-15,18,21,23-27,31-32,35-37,39,49H,16-17,19-20,22H2,1-9H3,(H,45,51)/t23-,24?,25+,26+,27-,31?,32-,35?,36-,37-,39?,41-,42-/m1/s1. The third-order valence-electron chi connectivity index (χ3n) is 11.9. The number of Topliss-reactive ketones (excluding diaryl/α,β-unsaturated/α-hetero) is 2. The lowest BCUT2D eigenvalue weighted by Gasteiger charge is -2.47. The van der Waals surface area contributed by atoms with Crippen LogP contribution in [-0.2, 0) is 38.1 Å². The molecule has 3 saturated heterocycles. The fraction of sp³-hybridized carbons (Fsp3) is 0.643. The minimum absolute atomic E-state index is 0.0336. The van der Waals surface area contributed by atoms with E-state index in [0.717, 1.165) is 16.5 Å². The van der Waals surface area contributed by atoms with Crippen LogP contribution < -0.4 is 5.32 Å². The number of pyridine rings is 1. The normalized spacial score (nSPS) is 37.6. The van der Waals surface area contributed by atoms with Crippen molar-refractivity contribution in [3.8, 4) is 0 Å². The Kier molecular flexibility index (Phi) is 13.7. The Balaban J connectivity index is 1.56. The van der Waals surface area contributed by atoms with Crippen LogP contribution in [0.25, 0.3) is 17.0 Å². The first-order valence-corrected chi connectivity index (χ1v) is 19.5. The summed E-state index contributed by atoms with van der Waals surface area (Å²) >= 11 is 0. The van der Waals surface area contributed by atoms with Gasteiger partial charge in [0.15, 0.2) is 17.7 Å². The van der Waals surface area contributed by atoms with Gasteiger partial charge in [0.25, 0.3) is 0 Å². The van der Waals surface area contributed by atoms with Gasteiger partial charge in [-0.2, -0.15) is 0 Å². The monoisotopic (exact) mass is 783 g/mol. The quantitative estimate of drug-likeness (QED) is 0.257. The number of benzene rings is 1. The zero-order chi connectivity index (χ0) is 41.1. The van der Waals surface area contributed by atoms with Crippen molar-refractivity contribution < 1.29 is 52.4 Å². The van der Waals surface area contributed by atoms with E-state index in [1.165, 1.54) is 13.8 Å². The molecule has 0 saturated carbocycles. The molecule has 308 valence electrons. The van der Waals surface area contributed by atoms with Crippen LogP contribution >= 0.6 is 0 Å². The number of alkyl halides is 1. The molecule has 13 atom stereocenters. The smallest absolute Gasteiger partial charge is 0.408 e. The molecule has 4 heterocycles. The van der Waals surface area contributed by atoms with Gasteiger partial charge in [0.1, 0.15) is 23.9 Å². The molecule has 13 nitrogen and oxygen atoms in total. The zero-order valence-corrected chi connectivity index (χ0v) is 33.9. The molecule has 0 spiro atoms. The average molecular weight is 784 g/mol. The van der Waals surface area contributed by atoms with Crippen molar-refractivity contribution in [2.45, 2.75) is 122 Å². The fourth-order valence-electron chi connectivity index (χ4n) is 8.69. The van der Waals surface area contributed by atoms with E-state index in [1.807, 2.05) is 68.4 Å². The first-order valence-electron chi connectivity index (χ1n) is 19.5. The van der Waals surface area contributed by atoms with Crippen molar-refractivity contribution in [1.29, 1.82) is 0 Å². The minimum Gasteiger partial charge on any atom is -0.457 e. The maximum absolute atomic E-state index is 14.4. The Morgan fingerprint density at radius 2 is 1.79 bits per heavy atom. The summed E-state index contributed by atoms with van der Waals surface area (Å²) < 4.78 is 45.0. The Hall–Kier alpha value is -3.82. The molecule has 0 radical (unpaired) electrons. The molecule has 0 bridgehead atoms. The van der Waals surface area contributed by atoms with Gasteiger partial charge in [-0.25, -0.2) is 4.79 Å². The van der Waals surface area contributed by atoms with E-state index in [9.17, 15) is 28.7 Å². The highest BCUT2D eigenvalue weighted by molar-refractivity contribution is 6.00. The van der Waals surface area contributed by atoms with Crippen molar-refractivity contribution in [1.82, 2.24) is 15.2 Å². The number of amides is 1. The highest BCUT2D eigenvalue weighted by atomic mass is 19.1. The van der Waals surface area contributed by atoms with E-state index in [4.69, 9.17) is 23.7 Å². The van der Waals surface area contributed by atoms with E-state index in [1.54, 1.807) is 33.9 Å². The third-order valence-corrected chi connectivity index (χ3v) is 11.9. The van der Waals surface area contributed by atoms with Crippen LogP contribution in [0.15, 0.2) is 42.6 Å². The number of fused-ring (bicyclic) bond motifs is 2. The maximum Gasteiger partial charge on any atom is 0.408 e. The minimum atomic E-state index is -1.62. The number of aliphatic hydroxyl groups is 1. The predicted octanol–water partition coefficient (Wildman–Crippen LogP) is 5.06. The number of esters is 1. The molecular weight excluding hydrogens is 725 g/mol. The van der Waals surface area contributed by atoms with Crippen molar-refractivity contribution in [3.05, 3.63) is 48.2 Å². The number of hydrogen-bond acceptors (Lipinski definition) is 12. The SMILES string of the molecule is CC1CC(N(C)C)C(O)C(O[C@@H]2[C@@H](C)C(=O)[C@@H](C)C(=O)O[C@H](CCF)[C@@]3(C)OC(=O)N[C@@H]3[C@@H](C)C(=O)[C@H](C)C[C@@]2(C)OCC=Cc2ccc3cccnc3c2)O1. The van der Waals surface area contributed by atoms with Crippen LogP contribution in [0, 0.1) is 23.7 Å². The summed E-state index contributed by atoms with van der Waals surface area (Å²) in [5, 5.41) is 15.3. The molecule has 1 aromatic heterocycles. The number of nitrogens with zero attached hydrogens (tertiary/aromatic N) is 2. The number of alkyl carbamates (subject to hydrolysis) is 1. The molecular formula is C42H58FN3O10. The van der Waals surface area contributed by atoms with Crippen molar-refractivity contribution >= 4 is 40.6 Å². The number of aliphatic hydroxyl groups excluding tert-OH is 1. The topological polar surface area (TPSA) is 163 Å². The lowest BCUT2D eigenvalue weighted by atomic mass is 9.73. The van der Waals surface area contributed by atoms with Gasteiger partial charge in [-0.15, -0.1) is 0 Å². The Bertz CT molecular complexity index is 1770. The first kappa shape index (κ1) is 43.3. The molecule has 3 aliphatic rings. The molecule has 3 fully saturated rings. The summed E-state index contributed by atoms with van der Waals surface area (Å²) in [7, 11) is 3.70. The van der Waals surface area contributed by atoms with Crippen LogP contribution in [0.2, 0.25) is 0 Å². The van der Waals surface area contributed by atoms with Gasteiger partial charge < -0.3 is 39.0 Å². The number of carbonyl (C=O) groups is 4. The van der Waals surface area contributed by atoms with E-state index in [2.05, 4.69) is 10.3 Å². The zero-order valence-electron chi connectivity index (χ0n) is 33.9. The number of rotatable bonds is 9. The van der Waals surface area contributed by atoms with Crippen LogP contribution in [-0.4, -0.2) is 120 Å². The number of aromatic nitrogens is 1. The first-order chi connectivity index (χ1) is 26.4. The number of halogens is 1. The second-order valence-electron chi connectivity index (χ2n) is 16.4. The van der Waals surface area contributed by atoms with E-state index >= 15 is 0 Å². The number of cyclic esters (lactones) is 1. The van der Waals surface area contributed by atoms with Crippen LogP contribution in [0.4, 0.5) is 9.18 Å². The van der Waals surface area contributed by atoms with E-state index in [0.29, 0.717) is 6.42 Å². The summed E-state index contributed by atoms with van der Waals surface area (Å²) in [6, 6.07) is 8.41. The number of hydrogen-bond donors (Lipinski definition) is 2. The predicted molar refractivity (Wildman–Crippen MR) is 206 cm³/mol. The molecule has 1 aromatic carbocycles. The van der Waals surface area contributed by atoms with Gasteiger partial charge in [-0.05, 0) is 72.3 Å². The van der Waals surface area contributed by atoms with Gasteiger partial charge in [-0.1, -0.05) is 51.1 Å². The van der Waals surface area contributed by atoms with E-state index < -0.39 is 90.0 Å². The van der Waals surface area contributed by atoms with Crippen LogP contribution in [0.5, 0.6) is 0 Å². The molecule has 1 amide bonds. The molecule has 2 N–H and O–H groups in total. The Labute approximate surface area is 328 Å². The van der Waals surface area contributed by atoms with Gasteiger partial charge in [-0.3, -0.25) is 23.8 Å². The van der Waals surface area contributed by atoms with Gasteiger partial charge in [0.05, 0.1) is 42.6 Å². The number of nitrogens with one attached hydrogen (secondary N) is 1. The molecule has 5 rings (SSSR count). The number of ketones is 2. The van der Waals surface area contributed by atoms with Crippen molar-refractivity contribution in [2.75, 3.05) is 27.4 Å².